The van der Waals surface area contributed by atoms with Gasteiger partial charge >= 0.3 is 0 Å². The van der Waals surface area contributed by atoms with Gasteiger partial charge in [0.1, 0.15) is 5.41 Å². The van der Waals surface area contributed by atoms with E-state index in [1.807, 2.05) is 18.5 Å². The van der Waals surface area contributed by atoms with E-state index >= 15 is 0 Å². The average molecular weight is 391 g/mol. The third-order valence-corrected chi connectivity index (χ3v) is 6.18. The molecule has 5 nitrogen and oxygen atoms in total. The number of pyridine rings is 1. The summed E-state index contributed by atoms with van der Waals surface area (Å²) >= 11 is 0. The molecule has 30 heavy (non-hydrogen) atoms. The topological polar surface area (TPSA) is 48.0 Å². The fourth-order valence-electron chi connectivity index (χ4n) is 4.89. The minimum absolute atomic E-state index is 0.533. The van der Waals surface area contributed by atoms with Crippen molar-refractivity contribution in [2.75, 3.05) is 18.6 Å². The summed E-state index contributed by atoms with van der Waals surface area (Å²) in [6, 6.07) is 23.6. The van der Waals surface area contributed by atoms with Crippen LogP contribution in [0.15, 0.2) is 91.5 Å². The summed E-state index contributed by atoms with van der Waals surface area (Å²) < 4.78 is 0. The van der Waals surface area contributed by atoms with Crippen LogP contribution in [0.25, 0.3) is 11.1 Å². The molecule has 146 valence electrons. The maximum Gasteiger partial charge on any atom is 0.105 e. The van der Waals surface area contributed by atoms with Crippen LogP contribution in [0.5, 0.6) is 0 Å². The minimum Gasteiger partial charge on any atom is -0.361 e. The Morgan fingerprint density at radius 2 is 1.80 bits per heavy atom. The first kappa shape index (κ1) is 17.0. The summed E-state index contributed by atoms with van der Waals surface area (Å²) in [7, 11) is 2.08. The van der Waals surface area contributed by atoms with Crippen molar-refractivity contribution in [1.29, 1.82) is 0 Å². The summed E-state index contributed by atoms with van der Waals surface area (Å²) in [4.78, 5) is 9.34. The van der Waals surface area contributed by atoms with Crippen molar-refractivity contribution in [2.24, 2.45) is 0 Å². The lowest BCUT2D eigenvalue weighted by Gasteiger charge is -2.31. The van der Waals surface area contributed by atoms with Crippen molar-refractivity contribution < 1.29 is 0 Å². The van der Waals surface area contributed by atoms with E-state index in [0.717, 1.165) is 23.7 Å². The summed E-state index contributed by atoms with van der Waals surface area (Å²) in [5, 5.41) is 7.58. The molecular weight excluding hydrogens is 370 g/mol. The van der Waals surface area contributed by atoms with Gasteiger partial charge in [0, 0.05) is 43.1 Å². The first-order valence-corrected chi connectivity index (χ1v) is 10.1. The molecule has 5 heteroatoms. The molecule has 3 heterocycles. The number of aromatic amines is 1. The number of aromatic nitrogens is 3. The number of nitrogens with zero attached hydrogens (tertiary/aromatic N) is 4. The molecule has 2 aliphatic rings. The highest BCUT2D eigenvalue weighted by molar-refractivity contribution is 5.84. The standard InChI is InChI=1S/C25H21N5/c1-29-14-15-30(17-29)19-7-4-6-18(16-19)25(23-11-13-27-28-23)22-10-3-2-8-20(22)21-9-5-12-26-24(21)25/h2-16H,17H2,1H3,(H,27,28). The molecule has 2 aromatic carbocycles. The van der Waals surface area contributed by atoms with Gasteiger partial charge in [-0.15, -0.1) is 0 Å². The Morgan fingerprint density at radius 3 is 2.63 bits per heavy atom. The molecule has 1 aliphatic heterocycles. The maximum absolute atomic E-state index is 4.92. The Balaban J connectivity index is 1.66. The van der Waals surface area contributed by atoms with Crippen LogP contribution in [0, 0.1) is 0 Å². The van der Waals surface area contributed by atoms with E-state index in [4.69, 9.17) is 4.98 Å². The van der Waals surface area contributed by atoms with Gasteiger partial charge in [-0.05, 0) is 41.0 Å². The van der Waals surface area contributed by atoms with Crippen molar-refractivity contribution in [1.82, 2.24) is 20.1 Å². The zero-order valence-electron chi connectivity index (χ0n) is 16.7. The Kier molecular flexibility index (Phi) is 3.59. The molecule has 0 fully saturated rings. The van der Waals surface area contributed by atoms with Gasteiger partial charge in [0.15, 0.2) is 0 Å². The molecule has 2 aromatic heterocycles. The molecule has 0 spiro atoms. The van der Waals surface area contributed by atoms with Crippen LogP contribution < -0.4 is 4.90 Å². The molecule has 0 radical (unpaired) electrons. The lowest BCUT2D eigenvalue weighted by molar-refractivity contribution is 0.495. The van der Waals surface area contributed by atoms with Crippen LogP contribution in [0.2, 0.25) is 0 Å². The molecule has 6 rings (SSSR count). The highest BCUT2D eigenvalue weighted by Gasteiger charge is 2.48. The number of fused-ring (bicyclic) bond motifs is 3. The van der Waals surface area contributed by atoms with Gasteiger partial charge in [-0.3, -0.25) is 10.1 Å². The van der Waals surface area contributed by atoms with Crippen LogP contribution in [0.3, 0.4) is 0 Å². The minimum atomic E-state index is -0.533. The number of hydrogen-bond donors (Lipinski definition) is 1. The Hall–Kier alpha value is -3.86. The zero-order chi connectivity index (χ0) is 20.1. The van der Waals surface area contributed by atoms with Crippen molar-refractivity contribution in [2.45, 2.75) is 5.41 Å². The van der Waals surface area contributed by atoms with Gasteiger partial charge in [0.2, 0.25) is 0 Å². The summed E-state index contributed by atoms with van der Waals surface area (Å²) in [6.07, 6.45) is 7.93. The smallest absolute Gasteiger partial charge is 0.105 e. The Bertz CT molecular complexity index is 1210. The van der Waals surface area contributed by atoms with E-state index in [1.54, 1.807) is 0 Å². The van der Waals surface area contributed by atoms with Crippen LogP contribution in [0.4, 0.5) is 5.69 Å². The van der Waals surface area contributed by atoms with E-state index in [0.29, 0.717) is 0 Å². The van der Waals surface area contributed by atoms with Crippen LogP contribution in [-0.2, 0) is 5.41 Å². The fourth-order valence-corrected chi connectivity index (χ4v) is 4.89. The molecule has 0 amide bonds. The third kappa shape index (κ3) is 2.23. The molecule has 1 aliphatic carbocycles. The van der Waals surface area contributed by atoms with Gasteiger partial charge in [0.05, 0.1) is 18.1 Å². The Morgan fingerprint density at radius 1 is 0.900 bits per heavy atom. The third-order valence-electron chi connectivity index (χ3n) is 6.18. The van der Waals surface area contributed by atoms with E-state index in [9.17, 15) is 0 Å². The molecule has 0 bridgehead atoms. The maximum atomic E-state index is 4.92. The van der Waals surface area contributed by atoms with E-state index in [1.165, 1.54) is 22.3 Å². The van der Waals surface area contributed by atoms with E-state index in [-0.39, 0.29) is 0 Å². The highest BCUT2D eigenvalue weighted by Crippen LogP contribution is 2.54. The van der Waals surface area contributed by atoms with Crippen molar-refractivity contribution in [3.63, 3.8) is 0 Å². The van der Waals surface area contributed by atoms with Crippen LogP contribution >= 0.6 is 0 Å². The quantitative estimate of drug-likeness (QED) is 0.497. The van der Waals surface area contributed by atoms with Gasteiger partial charge < -0.3 is 9.80 Å². The molecule has 1 N–H and O–H groups in total. The predicted molar refractivity (Wildman–Crippen MR) is 118 cm³/mol. The molecule has 4 aromatic rings. The average Bonchev–Trinajstić information content (AvgIpc) is 3.52. The summed E-state index contributed by atoms with van der Waals surface area (Å²) in [5.41, 5.74) is 7.51. The van der Waals surface area contributed by atoms with Crippen LogP contribution in [-0.4, -0.2) is 33.8 Å². The normalized spacial score (nSPS) is 19.2. The van der Waals surface area contributed by atoms with Gasteiger partial charge in [-0.25, -0.2) is 0 Å². The Labute approximate surface area is 175 Å². The van der Waals surface area contributed by atoms with E-state index < -0.39 is 5.41 Å². The number of H-pyrrole nitrogens is 1. The molecule has 1 unspecified atom stereocenters. The van der Waals surface area contributed by atoms with Crippen molar-refractivity contribution in [3.8, 4) is 11.1 Å². The first-order chi connectivity index (χ1) is 14.8. The number of anilines is 1. The van der Waals surface area contributed by atoms with Crippen molar-refractivity contribution >= 4 is 5.69 Å². The largest absolute Gasteiger partial charge is 0.361 e. The molecule has 0 saturated heterocycles. The highest BCUT2D eigenvalue weighted by atomic mass is 15.3. The van der Waals surface area contributed by atoms with E-state index in [2.05, 4.69) is 100 Å². The summed E-state index contributed by atoms with van der Waals surface area (Å²) in [6.45, 7) is 0.839. The predicted octanol–water partition coefficient (Wildman–Crippen LogP) is 4.35. The lowest BCUT2D eigenvalue weighted by atomic mass is 9.72. The van der Waals surface area contributed by atoms with Crippen molar-refractivity contribution in [3.05, 3.63) is 114 Å². The number of benzene rings is 2. The molecule has 1 atom stereocenters. The SMILES string of the molecule is CN1C=CN(c2cccc(C3(c4ccn[nH]4)c4ccccc4-c4cccnc43)c2)C1. The second-order valence-corrected chi connectivity index (χ2v) is 7.88. The monoisotopic (exact) mass is 391 g/mol. The lowest BCUT2D eigenvalue weighted by Crippen LogP contribution is -2.30. The molecular formula is C25H21N5. The number of hydrogen-bond acceptors (Lipinski definition) is 4. The molecule has 0 saturated carbocycles. The van der Waals surface area contributed by atoms with Gasteiger partial charge in [-0.2, -0.15) is 5.10 Å². The summed E-state index contributed by atoms with van der Waals surface area (Å²) in [5.74, 6) is 0. The fraction of sp³-hybridized carbons (Fsp3) is 0.120. The zero-order valence-corrected chi connectivity index (χ0v) is 16.7. The second kappa shape index (κ2) is 6.32. The van der Waals surface area contributed by atoms with Gasteiger partial charge in [-0.1, -0.05) is 42.5 Å². The second-order valence-electron chi connectivity index (χ2n) is 7.88. The van der Waals surface area contributed by atoms with Gasteiger partial charge in [0.25, 0.3) is 0 Å². The first-order valence-electron chi connectivity index (χ1n) is 10.1. The van der Waals surface area contributed by atoms with Crippen LogP contribution in [0.1, 0.15) is 22.5 Å². The number of rotatable bonds is 3. The number of nitrogens with one attached hydrogen (secondary N) is 1.